The Bertz CT molecular complexity index is 998. The number of nitrogens with one attached hydrogen (secondary N) is 3. The summed E-state index contributed by atoms with van der Waals surface area (Å²) >= 11 is 0. The number of anilines is 3. The first-order valence-electron chi connectivity index (χ1n) is 8.33. The lowest BCUT2D eigenvalue weighted by Gasteiger charge is -2.10. The third kappa shape index (κ3) is 3.56. The lowest BCUT2D eigenvalue weighted by Crippen LogP contribution is -2.09. The van der Waals surface area contributed by atoms with E-state index in [0.29, 0.717) is 24.0 Å². The molecule has 2 aromatic heterocycles. The van der Waals surface area contributed by atoms with Crippen molar-refractivity contribution < 1.29 is 5.11 Å². The van der Waals surface area contributed by atoms with E-state index in [4.69, 9.17) is 0 Å². The Hall–Kier alpha value is -3.61. The molecule has 26 heavy (non-hydrogen) atoms. The van der Waals surface area contributed by atoms with Crippen LogP contribution in [0.5, 0.6) is 5.75 Å². The van der Waals surface area contributed by atoms with Gasteiger partial charge in [0.25, 0.3) is 0 Å². The molecule has 4 rings (SSSR count). The van der Waals surface area contributed by atoms with Gasteiger partial charge in [-0.05, 0) is 36.2 Å². The number of aromatic amines is 1. The number of hydrogen-bond donors (Lipinski definition) is 4. The van der Waals surface area contributed by atoms with Gasteiger partial charge in [0, 0.05) is 12.2 Å². The highest BCUT2D eigenvalue weighted by atomic mass is 16.3. The molecule has 0 saturated carbocycles. The number of aromatic hydroxyl groups is 1. The van der Waals surface area contributed by atoms with Crippen LogP contribution in [0.3, 0.4) is 0 Å². The van der Waals surface area contributed by atoms with E-state index in [0.717, 1.165) is 23.2 Å². The molecule has 0 aliphatic heterocycles. The molecule has 0 atom stereocenters. The molecule has 0 spiro atoms. The molecule has 0 bridgehead atoms. The van der Waals surface area contributed by atoms with Gasteiger partial charge in [-0.3, -0.25) is 0 Å². The number of benzene rings is 2. The Labute approximate surface area is 150 Å². The molecular weight excluding hydrogens is 328 g/mol. The average Bonchev–Trinajstić information content (AvgIpc) is 3.13. The van der Waals surface area contributed by atoms with Gasteiger partial charge < -0.3 is 20.7 Å². The molecule has 4 aromatic rings. The van der Waals surface area contributed by atoms with Crippen molar-refractivity contribution in [3.63, 3.8) is 0 Å². The molecule has 2 aromatic carbocycles. The number of phenols is 1. The summed E-state index contributed by atoms with van der Waals surface area (Å²) in [6.07, 6.45) is 2.41. The van der Waals surface area contributed by atoms with Crippen molar-refractivity contribution >= 4 is 28.6 Å². The number of para-hydroxylation sites is 1. The monoisotopic (exact) mass is 346 g/mol. The second-order valence-electron chi connectivity index (χ2n) is 5.83. The van der Waals surface area contributed by atoms with Gasteiger partial charge in [0.15, 0.2) is 11.5 Å². The summed E-state index contributed by atoms with van der Waals surface area (Å²) in [7, 11) is 0. The van der Waals surface area contributed by atoms with Gasteiger partial charge in [0.2, 0.25) is 5.95 Å². The summed E-state index contributed by atoms with van der Waals surface area (Å²) in [5, 5.41) is 15.9. The molecule has 4 N–H and O–H groups in total. The average molecular weight is 346 g/mol. The number of fused-ring (bicyclic) bond motifs is 1. The summed E-state index contributed by atoms with van der Waals surface area (Å²) in [4.78, 5) is 16.3. The van der Waals surface area contributed by atoms with Crippen molar-refractivity contribution in [3.05, 3.63) is 66.5 Å². The second-order valence-corrected chi connectivity index (χ2v) is 5.83. The van der Waals surface area contributed by atoms with Crippen LogP contribution in [0.15, 0.2) is 60.9 Å². The van der Waals surface area contributed by atoms with Gasteiger partial charge in [-0.2, -0.15) is 9.97 Å². The SMILES string of the molecule is Oc1ccc(CCNc2nc(Nc3ccccc3)nc3nc[nH]c23)cc1. The number of phenolic OH excluding ortho intramolecular Hbond substituents is 1. The maximum Gasteiger partial charge on any atom is 0.231 e. The van der Waals surface area contributed by atoms with Crippen molar-refractivity contribution in [2.24, 2.45) is 0 Å². The van der Waals surface area contributed by atoms with Gasteiger partial charge in [-0.1, -0.05) is 30.3 Å². The zero-order valence-electron chi connectivity index (χ0n) is 14.0. The second kappa shape index (κ2) is 7.10. The molecule has 0 aliphatic rings. The molecule has 7 nitrogen and oxygen atoms in total. The van der Waals surface area contributed by atoms with E-state index in [1.54, 1.807) is 18.5 Å². The number of aromatic nitrogens is 4. The van der Waals surface area contributed by atoms with Gasteiger partial charge in [0.05, 0.1) is 6.33 Å². The van der Waals surface area contributed by atoms with E-state index in [2.05, 4.69) is 30.6 Å². The Morgan fingerprint density at radius 1 is 0.962 bits per heavy atom. The van der Waals surface area contributed by atoms with E-state index in [-0.39, 0.29) is 5.75 Å². The number of imidazole rings is 1. The van der Waals surface area contributed by atoms with Gasteiger partial charge in [-0.15, -0.1) is 0 Å². The minimum Gasteiger partial charge on any atom is -0.508 e. The van der Waals surface area contributed by atoms with E-state index in [9.17, 15) is 5.11 Å². The van der Waals surface area contributed by atoms with Crippen LogP contribution in [-0.2, 0) is 6.42 Å². The van der Waals surface area contributed by atoms with Crippen LogP contribution < -0.4 is 10.6 Å². The number of hydrogen-bond acceptors (Lipinski definition) is 6. The van der Waals surface area contributed by atoms with Crippen molar-refractivity contribution in [1.82, 2.24) is 19.9 Å². The quantitative estimate of drug-likeness (QED) is 0.427. The van der Waals surface area contributed by atoms with Crippen LogP contribution in [0.1, 0.15) is 5.56 Å². The van der Waals surface area contributed by atoms with E-state index >= 15 is 0 Å². The molecule has 2 heterocycles. The maximum atomic E-state index is 9.36. The fraction of sp³-hybridized carbons (Fsp3) is 0.105. The number of H-pyrrole nitrogens is 1. The first-order valence-corrected chi connectivity index (χ1v) is 8.33. The Balaban J connectivity index is 1.51. The first-order chi connectivity index (χ1) is 12.8. The molecule has 0 radical (unpaired) electrons. The van der Waals surface area contributed by atoms with Gasteiger partial charge in [0.1, 0.15) is 11.3 Å². The predicted octanol–water partition coefficient (Wildman–Crippen LogP) is 3.46. The molecule has 0 saturated heterocycles. The summed E-state index contributed by atoms with van der Waals surface area (Å²) in [5.41, 5.74) is 3.42. The minimum absolute atomic E-state index is 0.272. The number of rotatable bonds is 6. The highest BCUT2D eigenvalue weighted by Crippen LogP contribution is 2.21. The normalized spacial score (nSPS) is 10.8. The summed E-state index contributed by atoms with van der Waals surface area (Å²) in [5.74, 6) is 1.46. The maximum absolute atomic E-state index is 9.36. The predicted molar refractivity (Wildman–Crippen MR) is 102 cm³/mol. The molecule has 0 unspecified atom stereocenters. The molecule has 7 heteroatoms. The highest BCUT2D eigenvalue weighted by Gasteiger charge is 2.10. The van der Waals surface area contributed by atoms with Crippen LogP contribution >= 0.6 is 0 Å². The molecule has 0 aliphatic carbocycles. The smallest absolute Gasteiger partial charge is 0.231 e. The Morgan fingerprint density at radius 2 is 1.77 bits per heavy atom. The minimum atomic E-state index is 0.272. The lowest BCUT2D eigenvalue weighted by molar-refractivity contribution is 0.475. The van der Waals surface area contributed by atoms with Crippen molar-refractivity contribution in [3.8, 4) is 5.75 Å². The molecule has 0 fully saturated rings. The zero-order chi connectivity index (χ0) is 17.8. The van der Waals surface area contributed by atoms with Crippen LogP contribution in [0.2, 0.25) is 0 Å². The molecule has 0 amide bonds. The molecule has 130 valence electrons. The van der Waals surface area contributed by atoms with Crippen molar-refractivity contribution in [2.75, 3.05) is 17.2 Å². The molecular formula is C19H18N6O. The topological polar surface area (TPSA) is 98.8 Å². The van der Waals surface area contributed by atoms with Gasteiger partial charge >= 0.3 is 0 Å². The Kier molecular flexibility index (Phi) is 4.34. The largest absolute Gasteiger partial charge is 0.508 e. The third-order valence-electron chi connectivity index (χ3n) is 3.96. The van der Waals surface area contributed by atoms with E-state index in [1.165, 1.54) is 0 Å². The van der Waals surface area contributed by atoms with Crippen molar-refractivity contribution in [2.45, 2.75) is 6.42 Å². The zero-order valence-corrected chi connectivity index (χ0v) is 14.0. The fourth-order valence-electron chi connectivity index (χ4n) is 2.66. The lowest BCUT2D eigenvalue weighted by atomic mass is 10.1. The summed E-state index contributed by atoms with van der Waals surface area (Å²) in [6, 6.07) is 17.0. The van der Waals surface area contributed by atoms with Crippen LogP contribution in [0.4, 0.5) is 17.5 Å². The van der Waals surface area contributed by atoms with Crippen LogP contribution in [-0.4, -0.2) is 31.6 Å². The first kappa shape index (κ1) is 15.9. The van der Waals surface area contributed by atoms with Crippen LogP contribution in [0.25, 0.3) is 11.2 Å². The number of nitrogens with zero attached hydrogens (tertiary/aromatic N) is 3. The summed E-state index contributed by atoms with van der Waals surface area (Å²) < 4.78 is 0. The van der Waals surface area contributed by atoms with E-state index < -0.39 is 0 Å². The van der Waals surface area contributed by atoms with Crippen molar-refractivity contribution in [1.29, 1.82) is 0 Å². The van der Waals surface area contributed by atoms with Crippen LogP contribution in [0, 0.1) is 0 Å². The highest BCUT2D eigenvalue weighted by molar-refractivity contribution is 5.84. The fourth-order valence-corrected chi connectivity index (χ4v) is 2.66. The summed E-state index contributed by atoms with van der Waals surface area (Å²) in [6.45, 7) is 0.695. The third-order valence-corrected chi connectivity index (χ3v) is 3.96. The standard InChI is InChI=1S/C19H18N6O/c26-15-8-6-13(7-9-15)10-11-20-17-16-18(22-12-21-16)25-19(24-17)23-14-4-2-1-3-5-14/h1-9,12,26H,10-11H2,(H3,20,21,22,23,24,25). The van der Waals surface area contributed by atoms with E-state index in [1.807, 2.05) is 42.5 Å². The Morgan fingerprint density at radius 3 is 2.58 bits per heavy atom. The van der Waals surface area contributed by atoms with Gasteiger partial charge in [-0.25, -0.2) is 4.98 Å².